The van der Waals surface area contributed by atoms with E-state index in [1.54, 1.807) is 99.3 Å². The van der Waals surface area contributed by atoms with Crippen LogP contribution in [0.5, 0.6) is 0 Å². The maximum absolute atomic E-state index is 13.4. The van der Waals surface area contributed by atoms with Crippen molar-refractivity contribution in [3.8, 4) is 0 Å². The van der Waals surface area contributed by atoms with Gasteiger partial charge in [-0.2, -0.15) is 0 Å². The van der Waals surface area contributed by atoms with Gasteiger partial charge in [0.25, 0.3) is 0 Å². The Morgan fingerprint density at radius 2 is 0.634 bits per heavy atom. The number of aryl methyl sites for hydroxylation is 3. The van der Waals surface area contributed by atoms with E-state index in [9.17, 15) is 52.7 Å². The number of allylic oxidation sites excluding steroid dienone is 8. The van der Waals surface area contributed by atoms with Crippen molar-refractivity contribution >= 4 is 104 Å². The van der Waals surface area contributed by atoms with Gasteiger partial charge in [0.1, 0.15) is 0 Å². The van der Waals surface area contributed by atoms with Gasteiger partial charge in [0.15, 0.2) is 0 Å². The molecule has 4 aromatic rings. The fourth-order valence-electron chi connectivity index (χ4n) is 23.4. The van der Waals surface area contributed by atoms with Crippen LogP contribution in [0.25, 0.3) is 0 Å². The van der Waals surface area contributed by atoms with Crippen LogP contribution >= 0.6 is 15.9 Å². The third-order valence-electron chi connectivity index (χ3n) is 26.7. The van der Waals surface area contributed by atoms with Gasteiger partial charge >= 0.3 is 17.9 Å². The van der Waals surface area contributed by atoms with Gasteiger partial charge in [-0.05, 0) is 270 Å². The molecule has 16 aliphatic rings. The van der Waals surface area contributed by atoms with Gasteiger partial charge < -0.3 is 14.2 Å². The molecular formula is C82H81BrN4O14. The van der Waals surface area contributed by atoms with E-state index >= 15 is 0 Å². The summed E-state index contributed by atoms with van der Waals surface area (Å²) in [7, 11) is 0. The van der Waals surface area contributed by atoms with E-state index in [4.69, 9.17) is 14.2 Å². The molecule has 12 aliphatic carbocycles. The Morgan fingerprint density at radius 1 is 0.347 bits per heavy atom. The first kappa shape index (κ1) is 65.6. The summed E-state index contributed by atoms with van der Waals surface area (Å²) in [5.41, 5.74) is 6.49. The number of anilines is 4. The number of esters is 3. The number of imide groups is 4. The lowest BCUT2D eigenvalue weighted by atomic mass is 9.65. The van der Waals surface area contributed by atoms with Crippen molar-refractivity contribution in [2.24, 2.45) is 142 Å². The molecule has 8 amide bonds. The fraction of sp³-hybridized carbons (Fsp3) is 0.476. The van der Waals surface area contributed by atoms with Gasteiger partial charge in [0.2, 0.25) is 47.3 Å². The van der Waals surface area contributed by atoms with Crippen LogP contribution in [-0.2, 0) is 52.6 Å². The van der Waals surface area contributed by atoms with Crippen molar-refractivity contribution in [2.45, 2.75) is 80.1 Å². The molecule has 18 nitrogen and oxygen atoms in total. The molecule has 4 saturated heterocycles. The number of ether oxygens (including phenoxy) is 3. The number of hydrogen-bond donors (Lipinski definition) is 0. The zero-order valence-electron chi connectivity index (χ0n) is 57.2. The number of carbonyl (C=O) groups excluding carboxylic acids is 11. The molecule has 8 saturated carbocycles. The van der Waals surface area contributed by atoms with Crippen LogP contribution in [0, 0.1) is 163 Å². The molecule has 0 N–H and O–H groups in total. The van der Waals surface area contributed by atoms with Crippen LogP contribution in [-0.4, -0.2) is 85.0 Å². The normalized spacial score (nSPS) is 37.2. The molecule has 520 valence electrons. The van der Waals surface area contributed by atoms with Crippen LogP contribution in [0.3, 0.4) is 0 Å². The minimum atomic E-state index is -0.405. The number of hydrogen-bond acceptors (Lipinski definition) is 14. The van der Waals surface area contributed by atoms with Gasteiger partial charge in [-0.1, -0.05) is 64.5 Å². The molecule has 0 radical (unpaired) electrons. The van der Waals surface area contributed by atoms with E-state index in [1.165, 1.54) is 27.5 Å². The molecule has 19 heteroatoms. The first-order valence-corrected chi connectivity index (χ1v) is 37.3. The first-order chi connectivity index (χ1) is 48.7. The predicted octanol–water partition coefficient (Wildman–Crippen LogP) is 12.0. The molecular weight excluding hydrogens is 1340 g/mol. The number of benzene rings is 4. The topological polar surface area (TPSA) is 228 Å². The van der Waals surface area contributed by atoms with E-state index in [2.05, 4.69) is 64.5 Å². The summed E-state index contributed by atoms with van der Waals surface area (Å²) in [6, 6.07) is 22.1. The van der Waals surface area contributed by atoms with Crippen LogP contribution < -0.4 is 19.6 Å². The quantitative estimate of drug-likeness (QED) is 0.0473. The van der Waals surface area contributed by atoms with Crippen LogP contribution in [0.2, 0.25) is 0 Å². The number of halogens is 1. The molecule has 4 aromatic carbocycles. The first-order valence-electron chi connectivity index (χ1n) is 36.5. The van der Waals surface area contributed by atoms with Crippen molar-refractivity contribution in [3.63, 3.8) is 0 Å². The highest BCUT2D eigenvalue weighted by Crippen LogP contribution is 2.72. The summed E-state index contributed by atoms with van der Waals surface area (Å²) in [6.45, 7) is 12.0. The summed E-state index contributed by atoms with van der Waals surface area (Å²) in [5, 5.41) is 0. The summed E-state index contributed by atoms with van der Waals surface area (Å²) in [5.74, 6) is 4.64. The SMILES string of the molecule is CCOC(=O)c1ccc(N2C(=O)C3C4C=CC(C4)C3C2=O)c(C)c1.CCOC(=O)c1ccc(N2C(=O)C3C4C=CC(C4)C3C2=O)cc1.CCOC(=O)c1ccc(N2C(=O)C3C4CC(C3C2=O)C2C3C=CC(C3)C42)cc1.Cc1cc(Br)cc(C)c1N1C(=O)C2C3CC(C2C1=O)C1C2C=CC(C2)C31. The van der Waals surface area contributed by atoms with Crippen molar-refractivity contribution in [2.75, 3.05) is 39.4 Å². The van der Waals surface area contributed by atoms with E-state index in [0.717, 1.165) is 52.5 Å². The summed E-state index contributed by atoms with van der Waals surface area (Å²) >= 11 is 3.52. The Balaban J connectivity index is 0.000000101. The Morgan fingerprint density at radius 3 is 0.970 bits per heavy atom. The maximum Gasteiger partial charge on any atom is 0.338 e. The molecule has 24 atom stereocenters. The van der Waals surface area contributed by atoms with Crippen LogP contribution in [0.4, 0.5) is 22.7 Å². The molecule has 4 aliphatic heterocycles. The second-order valence-electron chi connectivity index (χ2n) is 31.1. The van der Waals surface area contributed by atoms with Crippen LogP contribution in [0.15, 0.2) is 132 Å². The Bertz CT molecular complexity index is 4270. The summed E-state index contributed by atoms with van der Waals surface area (Å²) in [6.07, 6.45) is 24.3. The molecule has 12 bridgehead atoms. The van der Waals surface area contributed by atoms with Gasteiger partial charge in [0, 0.05) is 4.47 Å². The second-order valence-corrected chi connectivity index (χ2v) is 32.0. The number of fused-ring (bicyclic) bond motifs is 34. The smallest absolute Gasteiger partial charge is 0.338 e. The average Bonchev–Trinajstić information content (AvgIpc) is 1.52. The highest BCUT2D eigenvalue weighted by molar-refractivity contribution is 9.10. The average molecular weight is 1430 g/mol. The Kier molecular flexibility index (Phi) is 15.9. The third-order valence-corrected chi connectivity index (χ3v) is 27.2. The largest absolute Gasteiger partial charge is 0.462 e. The Hall–Kier alpha value is -8.71. The molecule has 20 rings (SSSR count). The number of rotatable bonds is 10. The molecule has 0 aromatic heterocycles. The van der Waals surface area contributed by atoms with Gasteiger partial charge in [-0.15, -0.1) is 0 Å². The van der Waals surface area contributed by atoms with Crippen LogP contribution in [0.1, 0.15) is 107 Å². The minimum Gasteiger partial charge on any atom is -0.462 e. The summed E-state index contributed by atoms with van der Waals surface area (Å²) in [4.78, 5) is 145. The van der Waals surface area contributed by atoms with Gasteiger partial charge in [-0.3, -0.25) is 48.2 Å². The Labute approximate surface area is 594 Å². The van der Waals surface area contributed by atoms with E-state index in [0.29, 0.717) is 125 Å². The number of carbonyl (C=O) groups is 11. The second kappa shape index (κ2) is 24.5. The van der Waals surface area contributed by atoms with Crippen molar-refractivity contribution in [1.29, 1.82) is 0 Å². The number of nitrogens with zero attached hydrogens (tertiary/aromatic N) is 4. The molecule has 4 heterocycles. The lowest BCUT2D eigenvalue weighted by Crippen LogP contribution is -2.38. The fourth-order valence-corrected chi connectivity index (χ4v) is 24.1. The van der Waals surface area contributed by atoms with E-state index in [1.807, 2.05) is 26.0 Å². The lowest BCUT2D eigenvalue weighted by Gasteiger charge is -2.36. The van der Waals surface area contributed by atoms with E-state index in [-0.39, 0.29) is 124 Å². The maximum atomic E-state index is 13.4. The highest BCUT2D eigenvalue weighted by atomic mass is 79.9. The van der Waals surface area contributed by atoms with Crippen molar-refractivity contribution in [1.82, 2.24) is 0 Å². The van der Waals surface area contributed by atoms with Crippen molar-refractivity contribution in [3.05, 3.63) is 165 Å². The molecule has 24 unspecified atom stereocenters. The lowest BCUT2D eigenvalue weighted by molar-refractivity contribution is -0.124. The monoisotopic (exact) mass is 1420 g/mol. The predicted molar refractivity (Wildman–Crippen MR) is 374 cm³/mol. The molecule has 0 spiro atoms. The van der Waals surface area contributed by atoms with Crippen molar-refractivity contribution < 1.29 is 67.0 Å². The number of amides is 8. The molecule has 12 fully saturated rings. The van der Waals surface area contributed by atoms with Gasteiger partial charge in [-0.25, -0.2) is 24.2 Å². The zero-order chi connectivity index (χ0) is 70.2. The minimum absolute atomic E-state index is 0.0309. The molecule has 101 heavy (non-hydrogen) atoms. The highest BCUT2D eigenvalue weighted by Gasteiger charge is 2.73. The summed E-state index contributed by atoms with van der Waals surface area (Å²) < 4.78 is 15.9. The van der Waals surface area contributed by atoms with Gasteiger partial charge in [0.05, 0.1) is 107 Å². The van der Waals surface area contributed by atoms with E-state index < -0.39 is 11.9 Å². The standard InChI is InChI=1S/C23H23NO4.C22H22BrNO2.C19H19NO4.C18H17NO4/c1-2-28-23(27)11-5-7-14(8-6-11)24-21(25)19-15-10-16(20(19)22(24)26)18-13-4-3-12(9-13)17(15)18;1-9-5-13(23)6-10(2)20(9)24-21(25)18-14-8-15(19(18)22(24)26)17-12-4-3-11(7-12)16(14)17;1-3-24-19(23)13-6-7-14(10(2)8-13)20-17(21)15-11-4-5-12(9-11)16(15)18(20)22;1-2-23-18(22)10-5-7-13(8-6-10)19-16(20)14-11-3-4-12(9-11)15(14)17(19)21/h3-8,12-13,15-20H,2,9-10H2,1H3;3-6,11-12,14-19H,7-8H2,1-2H3;4-8,11-12,15-16H,3,9H2,1-2H3;3-8,11-12,14-15H,2,9H2,1H3. The third kappa shape index (κ3) is 9.74. The zero-order valence-corrected chi connectivity index (χ0v) is 58.8.